The molecule has 158 valence electrons. The minimum Gasteiger partial charge on any atom is -0.341 e. The highest BCUT2D eigenvalue weighted by atomic mass is 16.2. The minimum atomic E-state index is -0.410. The zero-order valence-electron chi connectivity index (χ0n) is 17.7. The first kappa shape index (κ1) is 20.2. The number of nitrogens with zero attached hydrogens (tertiary/aromatic N) is 5. The van der Waals surface area contributed by atoms with Crippen LogP contribution in [0.1, 0.15) is 26.7 Å². The standard InChI is InChI=1S/C22H28N6O2/c1-15(2)11-13-27-18-19(24-21(27)26-12-7-8-16(23)14-26)25(3)22(30)28(20(18)29)17-9-5-4-6-10-17/h4-6,9-11,16H,7-8,12-14,23H2,1-3H3. The van der Waals surface area contributed by atoms with Crippen LogP contribution in [0.4, 0.5) is 5.95 Å². The predicted molar refractivity (Wildman–Crippen MR) is 119 cm³/mol. The number of fused-ring (bicyclic) bond motifs is 1. The lowest BCUT2D eigenvalue weighted by molar-refractivity contribution is 0.495. The van der Waals surface area contributed by atoms with Crippen LogP contribution in [-0.2, 0) is 13.6 Å². The van der Waals surface area contributed by atoms with Gasteiger partial charge in [0, 0.05) is 32.7 Å². The molecule has 8 nitrogen and oxygen atoms in total. The molecule has 1 aliphatic rings. The summed E-state index contributed by atoms with van der Waals surface area (Å²) in [5.74, 6) is 0.690. The number of nitrogens with two attached hydrogens (primary N) is 1. The van der Waals surface area contributed by atoms with Gasteiger partial charge in [-0.1, -0.05) is 29.8 Å². The molecule has 0 radical (unpaired) electrons. The van der Waals surface area contributed by atoms with Gasteiger partial charge in [-0.3, -0.25) is 9.36 Å². The van der Waals surface area contributed by atoms with Crippen molar-refractivity contribution in [2.24, 2.45) is 12.8 Å². The number of piperidine rings is 1. The van der Waals surface area contributed by atoms with Crippen molar-refractivity contribution in [2.45, 2.75) is 39.3 Å². The number of anilines is 1. The molecule has 4 rings (SSSR count). The lowest BCUT2D eigenvalue weighted by atomic mass is 10.1. The van der Waals surface area contributed by atoms with Crippen molar-refractivity contribution in [3.8, 4) is 5.69 Å². The van der Waals surface area contributed by atoms with E-state index in [4.69, 9.17) is 10.7 Å². The molecule has 2 aromatic heterocycles. The van der Waals surface area contributed by atoms with E-state index < -0.39 is 5.69 Å². The molecule has 0 bridgehead atoms. The molecule has 3 heterocycles. The predicted octanol–water partition coefficient (Wildman–Crippen LogP) is 1.78. The van der Waals surface area contributed by atoms with E-state index in [-0.39, 0.29) is 11.6 Å². The van der Waals surface area contributed by atoms with Gasteiger partial charge in [-0.2, -0.15) is 4.98 Å². The maximum absolute atomic E-state index is 13.6. The molecule has 3 aromatic rings. The molecular formula is C22H28N6O2. The largest absolute Gasteiger partial charge is 0.341 e. The highest BCUT2D eigenvalue weighted by Crippen LogP contribution is 2.23. The van der Waals surface area contributed by atoms with Gasteiger partial charge in [-0.15, -0.1) is 0 Å². The third-order valence-electron chi connectivity index (χ3n) is 5.57. The van der Waals surface area contributed by atoms with Crippen LogP contribution in [0.2, 0.25) is 0 Å². The molecule has 1 unspecified atom stereocenters. The first-order chi connectivity index (χ1) is 14.4. The average Bonchev–Trinajstić information content (AvgIpc) is 3.11. The number of aromatic nitrogens is 4. The molecule has 0 aliphatic carbocycles. The summed E-state index contributed by atoms with van der Waals surface area (Å²) in [6.07, 6.45) is 4.01. The fraction of sp³-hybridized carbons (Fsp3) is 0.409. The van der Waals surface area contributed by atoms with Crippen LogP contribution in [0.5, 0.6) is 0 Å². The van der Waals surface area contributed by atoms with Gasteiger partial charge < -0.3 is 15.2 Å². The topological polar surface area (TPSA) is 91.1 Å². The lowest BCUT2D eigenvalue weighted by Gasteiger charge is -2.31. The lowest BCUT2D eigenvalue weighted by Crippen LogP contribution is -2.44. The summed E-state index contributed by atoms with van der Waals surface area (Å²) in [6.45, 7) is 6.05. The number of rotatable bonds is 4. The average molecular weight is 409 g/mol. The van der Waals surface area contributed by atoms with Gasteiger partial charge in [0.05, 0.1) is 5.69 Å². The molecule has 8 heteroatoms. The third-order valence-corrected chi connectivity index (χ3v) is 5.57. The number of hydrogen-bond donors (Lipinski definition) is 1. The summed E-state index contributed by atoms with van der Waals surface area (Å²) in [5.41, 5.74) is 7.94. The van der Waals surface area contributed by atoms with E-state index in [9.17, 15) is 9.59 Å². The Hall–Kier alpha value is -3.13. The van der Waals surface area contributed by atoms with Crippen molar-refractivity contribution < 1.29 is 0 Å². The maximum atomic E-state index is 13.6. The summed E-state index contributed by atoms with van der Waals surface area (Å²) in [5, 5.41) is 0. The fourth-order valence-electron chi connectivity index (χ4n) is 3.99. The van der Waals surface area contributed by atoms with Crippen LogP contribution in [0, 0.1) is 0 Å². The van der Waals surface area contributed by atoms with Crippen LogP contribution >= 0.6 is 0 Å². The van der Waals surface area contributed by atoms with Crippen LogP contribution in [0.3, 0.4) is 0 Å². The molecular weight excluding hydrogens is 380 g/mol. The van der Waals surface area contributed by atoms with E-state index in [1.54, 1.807) is 19.2 Å². The van der Waals surface area contributed by atoms with Crippen molar-refractivity contribution in [2.75, 3.05) is 18.0 Å². The van der Waals surface area contributed by atoms with Crippen molar-refractivity contribution in [3.63, 3.8) is 0 Å². The smallest absolute Gasteiger partial charge is 0.337 e. The van der Waals surface area contributed by atoms with E-state index in [1.807, 2.05) is 36.6 Å². The van der Waals surface area contributed by atoms with Crippen molar-refractivity contribution in [1.82, 2.24) is 18.7 Å². The molecule has 2 N–H and O–H groups in total. The molecule has 1 aliphatic heterocycles. The van der Waals surface area contributed by atoms with Crippen LogP contribution in [0.25, 0.3) is 16.9 Å². The zero-order chi connectivity index (χ0) is 21.4. The Morgan fingerprint density at radius 2 is 1.97 bits per heavy atom. The summed E-state index contributed by atoms with van der Waals surface area (Å²) < 4.78 is 4.59. The summed E-state index contributed by atoms with van der Waals surface area (Å²) >= 11 is 0. The zero-order valence-corrected chi connectivity index (χ0v) is 17.7. The van der Waals surface area contributed by atoms with Gasteiger partial charge in [0.2, 0.25) is 5.95 Å². The van der Waals surface area contributed by atoms with Gasteiger partial charge in [0.1, 0.15) is 0 Å². The van der Waals surface area contributed by atoms with Gasteiger partial charge in [-0.05, 0) is 38.8 Å². The Kier molecular flexibility index (Phi) is 5.34. The fourth-order valence-corrected chi connectivity index (χ4v) is 3.99. The van der Waals surface area contributed by atoms with Crippen LogP contribution in [0.15, 0.2) is 51.6 Å². The molecule has 1 fully saturated rings. The highest BCUT2D eigenvalue weighted by Gasteiger charge is 2.26. The van der Waals surface area contributed by atoms with Crippen LogP contribution < -0.4 is 21.9 Å². The van der Waals surface area contributed by atoms with Crippen molar-refractivity contribution in [3.05, 3.63) is 62.8 Å². The van der Waals surface area contributed by atoms with E-state index in [2.05, 4.69) is 11.0 Å². The van der Waals surface area contributed by atoms with Crippen molar-refractivity contribution >= 4 is 17.1 Å². The molecule has 0 saturated carbocycles. The Bertz CT molecular complexity index is 1210. The molecule has 0 amide bonds. The van der Waals surface area contributed by atoms with Crippen molar-refractivity contribution in [1.29, 1.82) is 0 Å². The van der Waals surface area contributed by atoms with Gasteiger partial charge in [0.15, 0.2) is 11.2 Å². The molecule has 1 aromatic carbocycles. The summed E-state index contributed by atoms with van der Waals surface area (Å²) in [7, 11) is 1.66. The van der Waals surface area contributed by atoms with Gasteiger partial charge >= 0.3 is 5.69 Å². The number of allylic oxidation sites excluding steroid dienone is 2. The number of para-hydroxylation sites is 1. The number of imidazole rings is 1. The number of aryl methyl sites for hydroxylation is 1. The van der Waals surface area contributed by atoms with Crippen LogP contribution in [-0.4, -0.2) is 37.8 Å². The monoisotopic (exact) mass is 408 g/mol. The second-order valence-electron chi connectivity index (χ2n) is 8.14. The van der Waals surface area contributed by atoms with E-state index in [1.165, 1.54) is 9.13 Å². The number of hydrogen-bond acceptors (Lipinski definition) is 5. The SMILES string of the molecule is CC(C)=CCn1c(N2CCCC(N)C2)nc2c1c(=O)n(-c1ccccc1)c(=O)n2C. The molecule has 30 heavy (non-hydrogen) atoms. The Morgan fingerprint density at radius 3 is 2.63 bits per heavy atom. The minimum absolute atomic E-state index is 0.0697. The summed E-state index contributed by atoms with van der Waals surface area (Å²) in [4.78, 5) is 33.5. The van der Waals surface area contributed by atoms with E-state index >= 15 is 0 Å². The molecule has 1 saturated heterocycles. The maximum Gasteiger partial charge on any atom is 0.337 e. The van der Waals surface area contributed by atoms with Gasteiger partial charge in [0.25, 0.3) is 5.56 Å². The Labute approximate surface area is 174 Å². The second-order valence-corrected chi connectivity index (χ2v) is 8.14. The normalized spacial score (nSPS) is 16.8. The van der Waals surface area contributed by atoms with E-state index in [0.717, 1.165) is 25.0 Å². The van der Waals surface area contributed by atoms with Gasteiger partial charge in [-0.25, -0.2) is 9.36 Å². The Morgan fingerprint density at radius 1 is 1.23 bits per heavy atom. The Balaban J connectivity index is 2.02. The quantitative estimate of drug-likeness (QED) is 0.665. The number of benzene rings is 1. The second kappa shape index (κ2) is 7.95. The third kappa shape index (κ3) is 3.47. The first-order valence-corrected chi connectivity index (χ1v) is 10.3. The summed E-state index contributed by atoms with van der Waals surface area (Å²) in [6, 6.07) is 9.07. The van der Waals surface area contributed by atoms with E-state index in [0.29, 0.717) is 35.9 Å². The first-order valence-electron chi connectivity index (χ1n) is 10.3. The molecule has 0 spiro atoms. The highest BCUT2D eigenvalue weighted by molar-refractivity contribution is 5.75. The molecule has 1 atom stereocenters.